The van der Waals surface area contributed by atoms with Gasteiger partial charge >= 0.3 is 0 Å². The fourth-order valence-corrected chi connectivity index (χ4v) is 0.816. The molecule has 0 atom stereocenters. The van der Waals surface area contributed by atoms with Crippen molar-refractivity contribution in [3.8, 4) is 6.07 Å². The van der Waals surface area contributed by atoms with Crippen LogP contribution in [0.2, 0.25) is 0 Å². The lowest BCUT2D eigenvalue weighted by Gasteiger charge is -2.13. The first kappa shape index (κ1) is 11.9. The summed E-state index contributed by atoms with van der Waals surface area (Å²) in [5.41, 5.74) is 0. The number of rotatable bonds is 6. The minimum absolute atomic E-state index is 0.0480. The van der Waals surface area contributed by atoms with Crippen LogP contribution in [0, 0.1) is 11.3 Å². The maximum absolute atomic E-state index is 11.0. The zero-order valence-corrected chi connectivity index (χ0v) is 7.79. The third-order valence-electron chi connectivity index (χ3n) is 1.45. The van der Waals surface area contributed by atoms with Crippen LogP contribution in [0.1, 0.15) is 6.42 Å². The van der Waals surface area contributed by atoms with Gasteiger partial charge in [-0.2, -0.15) is 5.26 Å². The molecule has 0 spiro atoms. The molecule has 0 aromatic carbocycles. The summed E-state index contributed by atoms with van der Waals surface area (Å²) in [7, 11) is 1.77. The summed E-state index contributed by atoms with van der Waals surface area (Å²) < 4.78 is 0. The Hall–Kier alpha value is -1.12. The van der Waals surface area contributed by atoms with Gasteiger partial charge in [0.05, 0.1) is 19.2 Å². The van der Waals surface area contributed by atoms with Crippen molar-refractivity contribution < 1.29 is 9.90 Å². The Bertz CT molecular complexity index is 188. The first-order valence-electron chi connectivity index (χ1n) is 4.13. The number of hydrogen-bond acceptors (Lipinski definition) is 4. The van der Waals surface area contributed by atoms with Gasteiger partial charge in [0.2, 0.25) is 5.91 Å². The highest BCUT2D eigenvalue weighted by molar-refractivity contribution is 5.77. The molecule has 2 N–H and O–H groups in total. The fraction of sp³-hybridized carbons (Fsp3) is 0.750. The van der Waals surface area contributed by atoms with Crippen molar-refractivity contribution in [1.82, 2.24) is 10.2 Å². The van der Waals surface area contributed by atoms with E-state index in [1.54, 1.807) is 11.9 Å². The Balaban J connectivity index is 3.48. The van der Waals surface area contributed by atoms with Crippen LogP contribution in [0.4, 0.5) is 0 Å². The van der Waals surface area contributed by atoms with Crippen molar-refractivity contribution in [2.45, 2.75) is 6.42 Å². The summed E-state index contributed by atoms with van der Waals surface area (Å²) >= 11 is 0. The first-order valence-corrected chi connectivity index (χ1v) is 4.13. The van der Waals surface area contributed by atoms with Gasteiger partial charge in [0.25, 0.3) is 0 Å². The molecule has 0 aliphatic rings. The molecule has 0 bridgehead atoms. The number of carbonyl (C=O) groups is 1. The Morgan fingerprint density at radius 3 is 2.92 bits per heavy atom. The Morgan fingerprint density at radius 2 is 2.38 bits per heavy atom. The van der Waals surface area contributed by atoms with E-state index in [-0.39, 0.29) is 25.6 Å². The monoisotopic (exact) mass is 185 g/mol. The molecular formula is C8H15N3O2. The summed E-state index contributed by atoms with van der Waals surface area (Å²) in [5.74, 6) is -0.130. The maximum Gasteiger partial charge on any atom is 0.234 e. The lowest BCUT2D eigenvalue weighted by molar-refractivity contribution is -0.122. The second-order valence-corrected chi connectivity index (χ2v) is 2.72. The van der Waals surface area contributed by atoms with Gasteiger partial charge in [-0.1, -0.05) is 0 Å². The summed E-state index contributed by atoms with van der Waals surface area (Å²) in [6.45, 7) is 1.09. The van der Waals surface area contributed by atoms with E-state index in [0.717, 1.165) is 0 Å². The normalized spacial score (nSPS) is 9.69. The van der Waals surface area contributed by atoms with E-state index in [1.807, 2.05) is 6.07 Å². The molecule has 74 valence electrons. The lowest BCUT2D eigenvalue weighted by atomic mass is 10.4. The van der Waals surface area contributed by atoms with Gasteiger partial charge < -0.3 is 10.4 Å². The summed E-state index contributed by atoms with van der Waals surface area (Å²) in [6, 6.07) is 2.00. The second kappa shape index (κ2) is 7.53. The smallest absolute Gasteiger partial charge is 0.234 e. The van der Waals surface area contributed by atoms with Crippen LogP contribution >= 0.6 is 0 Å². The highest BCUT2D eigenvalue weighted by Gasteiger charge is 2.04. The Labute approximate surface area is 78.0 Å². The maximum atomic E-state index is 11.0. The number of aliphatic hydroxyl groups is 1. The number of carbonyl (C=O) groups excluding carboxylic acids is 1. The van der Waals surface area contributed by atoms with Crippen molar-refractivity contribution in [3.05, 3.63) is 0 Å². The molecular weight excluding hydrogens is 170 g/mol. The predicted octanol–water partition coefficient (Wildman–Crippen LogP) is -1.06. The highest BCUT2D eigenvalue weighted by atomic mass is 16.3. The van der Waals surface area contributed by atoms with Crippen LogP contribution in [0.3, 0.4) is 0 Å². The molecule has 0 aliphatic carbocycles. The number of likely N-dealkylation sites (N-methyl/N-ethyl adjacent to an activating group) is 1. The second-order valence-electron chi connectivity index (χ2n) is 2.72. The fourth-order valence-electron chi connectivity index (χ4n) is 0.816. The molecule has 0 rings (SSSR count). The highest BCUT2D eigenvalue weighted by Crippen LogP contribution is 1.84. The van der Waals surface area contributed by atoms with Crippen LogP contribution in [-0.4, -0.2) is 49.2 Å². The molecule has 5 nitrogen and oxygen atoms in total. The molecule has 1 amide bonds. The van der Waals surface area contributed by atoms with Crippen LogP contribution in [0.15, 0.2) is 0 Å². The van der Waals surface area contributed by atoms with Gasteiger partial charge in [-0.05, 0) is 7.05 Å². The number of nitriles is 1. The largest absolute Gasteiger partial charge is 0.395 e. The van der Waals surface area contributed by atoms with Crippen LogP contribution in [0.25, 0.3) is 0 Å². The molecule has 0 saturated heterocycles. The number of aliphatic hydroxyl groups excluding tert-OH is 1. The van der Waals surface area contributed by atoms with E-state index >= 15 is 0 Å². The number of amides is 1. The molecule has 0 aliphatic heterocycles. The van der Waals surface area contributed by atoms with E-state index in [1.165, 1.54) is 0 Å². The molecule has 0 aromatic heterocycles. The number of hydrogen-bond donors (Lipinski definition) is 2. The molecule has 0 saturated carbocycles. The van der Waals surface area contributed by atoms with Gasteiger partial charge in [-0.3, -0.25) is 9.69 Å². The SMILES string of the molecule is CN(CCC#N)CC(=O)NCCO. The summed E-state index contributed by atoms with van der Waals surface area (Å²) in [6.07, 6.45) is 0.420. The summed E-state index contributed by atoms with van der Waals surface area (Å²) in [4.78, 5) is 12.8. The summed E-state index contributed by atoms with van der Waals surface area (Å²) in [5, 5.41) is 19.2. The molecule has 0 radical (unpaired) electrons. The molecule has 13 heavy (non-hydrogen) atoms. The number of nitrogens with one attached hydrogen (secondary N) is 1. The minimum Gasteiger partial charge on any atom is -0.395 e. The molecule has 0 aromatic rings. The Kier molecular flexibility index (Phi) is 6.88. The zero-order valence-electron chi connectivity index (χ0n) is 7.79. The van der Waals surface area contributed by atoms with Crippen molar-refractivity contribution in [2.75, 3.05) is 33.3 Å². The third kappa shape index (κ3) is 7.25. The molecule has 5 heteroatoms. The van der Waals surface area contributed by atoms with E-state index in [4.69, 9.17) is 10.4 Å². The van der Waals surface area contributed by atoms with Crippen LogP contribution < -0.4 is 5.32 Å². The average molecular weight is 185 g/mol. The number of nitrogens with zero attached hydrogens (tertiary/aromatic N) is 2. The van der Waals surface area contributed by atoms with Crippen molar-refractivity contribution in [2.24, 2.45) is 0 Å². The van der Waals surface area contributed by atoms with Gasteiger partial charge in [-0.15, -0.1) is 0 Å². The Morgan fingerprint density at radius 1 is 1.69 bits per heavy atom. The van der Waals surface area contributed by atoms with E-state index in [9.17, 15) is 4.79 Å². The van der Waals surface area contributed by atoms with E-state index < -0.39 is 0 Å². The van der Waals surface area contributed by atoms with Crippen molar-refractivity contribution in [3.63, 3.8) is 0 Å². The van der Waals surface area contributed by atoms with Gasteiger partial charge in [0, 0.05) is 19.5 Å². The van der Waals surface area contributed by atoms with E-state index in [0.29, 0.717) is 13.0 Å². The van der Waals surface area contributed by atoms with Crippen LogP contribution in [0.5, 0.6) is 0 Å². The first-order chi connectivity index (χ1) is 6.20. The molecule has 0 heterocycles. The quantitative estimate of drug-likeness (QED) is 0.553. The average Bonchev–Trinajstić information content (AvgIpc) is 2.11. The predicted molar refractivity (Wildman–Crippen MR) is 47.8 cm³/mol. The van der Waals surface area contributed by atoms with Gasteiger partial charge in [0.15, 0.2) is 0 Å². The zero-order chi connectivity index (χ0) is 10.1. The van der Waals surface area contributed by atoms with E-state index in [2.05, 4.69) is 5.32 Å². The van der Waals surface area contributed by atoms with Gasteiger partial charge in [-0.25, -0.2) is 0 Å². The van der Waals surface area contributed by atoms with Crippen LogP contribution in [-0.2, 0) is 4.79 Å². The van der Waals surface area contributed by atoms with Crippen molar-refractivity contribution in [1.29, 1.82) is 5.26 Å². The standard InChI is InChI=1S/C8H15N3O2/c1-11(5-2-3-9)7-8(13)10-4-6-12/h12H,2,4-7H2,1H3,(H,10,13). The third-order valence-corrected chi connectivity index (χ3v) is 1.45. The lowest BCUT2D eigenvalue weighted by Crippen LogP contribution is -2.36. The topological polar surface area (TPSA) is 76.4 Å². The van der Waals surface area contributed by atoms with Gasteiger partial charge in [0.1, 0.15) is 0 Å². The molecule has 0 unspecified atom stereocenters. The molecule has 0 fully saturated rings. The minimum atomic E-state index is -0.130. The van der Waals surface area contributed by atoms with Crippen molar-refractivity contribution >= 4 is 5.91 Å².